The van der Waals surface area contributed by atoms with Gasteiger partial charge in [-0.1, -0.05) is 12.1 Å². The molecule has 0 atom stereocenters. The molecule has 0 aliphatic carbocycles. The quantitative estimate of drug-likeness (QED) is 0.0110. The van der Waals surface area contributed by atoms with E-state index in [0.29, 0.717) is 25.2 Å². The summed E-state index contributed by atoms with van der Waals surface area (Å²) in [5.74, 6) is -7.53. The first-order valence-electron chi connectivity index (χ1n) is 28.0. The molecule has 0 radical (unpaired) electrons. The second-order valence-electron chi connectivity index (χ2n) is 20.8. The highest BCUT2D eigenvalue weighted by atomic mass is 16.6. The van der Waals surface area contributed by atoms with E-state index in [4.69, 9.17) is 4.74 Å². The second-order valence-corrected chi connectivity index (χ2v) is 20.8. The number of carbonyl (C=O) groups is 6. The first-order chi connectivity index (χ1) is 41.4. The third-order valence-corrected chi connectivity index (χ3v) is 13.7. The van der Waals surface area contributed by atoms with Gasteiger partial charge >= 0.3 is 5.97 Å². The number of aliphatic imine (C=N–C) groups is 1. The molecule has 29 heteroatoms. The van der Waals surface area contributed by atoms with Crippen molar-refractivity contribution in [1.82, 2.24) is 59.6 Å². The van der Waals surface area contributed by atoms with Crippen molar-refractivity contribution in [2.45, 2.75) is 32.6 Å². The van der Waals surface area contributed by atoms with E-state index in [-0.39, 0.29) is 107 Å². The molecule has 0 saturated carbocycles. The van der Waals surface area contributed by atoms with E-state index < -0.39 is 86.7 Å². The fourth-order valence-corrected chi connectivity index (χ4v) is 8.89. The van der Waals surface area contributed by atoms with Gasteiger partial charge in [-0.2, -0.15) is 0 Å². The highest BCUT2D eigenvalue weighted by molar-refractivity contribution is 5.98. The number of aryl methyl sites for hydroxylation is 4. The number of benzene rings is 1. The van der Waals surface area contributed by atoms with Gasteiger partial charge < -0.3 is 80.2 Å². The van der Waals surface area contributed by atoms with Gasteiger partial charge in [0, 0.05) is 144 Å². The number of carbonyl (C=O) groups excluding carboxylic acids is 6. The molecule has 0 aliphatic rings. The monoisotopic (exact) mass is 1210 g/mol. The highest BCUT2D eigenvalue weighted by Crippen LogP contribution is 2.19. The number of aromatic nitrogens is 4. The average molecular weight is 1210 g/mol. The van der Waals surface area contributed by atoms with E-state index in [9.17, 15) is 68.4 Å². The number of amidine groups is 1. The average Bonchev–Trinajstić information content (AvgIpc) is 3.27. The molecular formula is C58H78N14O15. The summed E-state index contributed by atoms with van der Waals surface area (Å²) in [5, 5.41) is 58.8. The smallest absolute Gasteiger partial charge is 0.314 e. The van der Waals surface area contributed by atoms with Crippen molar-refractivity contribution in [3.63, 3.8) is 0 Å². The number of anilines is 1. The van der Waals surface area contributed by atoms with Gasteiger partial charge in [-0.3, -0.25) is 57.7 Å². The Hall–Kier alpha value is -9.61. The van der Waals surface area contributed by atoms with E-state index in [2.05, 4.69) is 36.9 Å². The van der Waals surface area contributed by atoms with Crippen molar-refractivity contribution >= 4 is 47.2 Å². The van der Waals surface area contributed by atoms with Crippen molar-refractivity contribution in [1.29, 1.82) is 0 Å². The molecule has 4 aromatic heterocycles. The molecule has 0 unspecified atom stereocenters. The summed E-state index contributed by atoms with van der Waals surface area (Å²) in [6, 6.07) is 12.1. The number of aromatic hydroxyl groups is 4. The molecule has 5 aromatic rings. The predicted molar refractivity (Wildman–Crippen MR) is 322 cm³/mol. The van der Waals surface area contributed by atoms with Crippen LogP contribution in [0.15, 0.2) is 97.5 Å². The molecule has 0 bridgehead atoms. The second kappa shape index (κ2) is 33.2. The Morgan fingerprint density at radius 1 is 0.529 bits per heavy atom. The van der Waals surface area contributed by atoms with Crippen molar-refractivity contribution in [2.24, 2.45) is 39.1 Å². The minimum absolute atomic E-state index is 0.0517. The summed E-state index contributed by atoms with van der Waals surface area (Å²) >= 11 is 0. The summed E-state index contributed by atoms with van der Waals surface area (Å²) in [4.78, 5) is 140. The number of pyridine rings is 4. The maximum atomic E-state index is 13.4. The van der Waals surface area contributed by atoms with E-state index in [1.165, 1.54) is 77.2 Å². The lowest BCUT2D eigenvalue weighted by Gasteiger charge is -2.32. The van der Waals surface area contributed by atoms with Crippen molar-refractivity contribution in [3.05, 3.63) is 143 Å². The van der Waals surface area contributed by atoms with Crippen molar-refractivity contribution < 1.29 is 53.9 Å². The van der Waals surface area contributed by atoms with Gasteiger partial charge in [0.15, 0.2) is 23.0 Å². The fraction of sp³-hybridized carbons (Fsp3) is 0.431. The van der Waals surface area contributed by atoms with Gasteiger partial charge in [0.05, 0.1) is 28.7 Å². The van der Waals surface area contributed by atoms with Crippen LogP contribution in [0.2, 0.25) is 0 Å². The van der Waals surface area contributed by atoms with Crippen LogP contribution in [0.1, 0.15) is 73.2 Å². The molecule has 29 nitrogen and oxygen atoms in total. The minimum Gasteiger partial charge on any atom is -0.502 e. The summed E-state index contributed by atoms with van der Waals surface area (Å²) in [6.45, 7) is 4.12. The molecular weight excluding hydrogens is 1130 g/mol. The predicted octanol–water partition coefficient (Wildman–Crippen LogP) is -1.03. The standard InChI is InChI=1S/C58H78N14O15/c1-8-59-58(64-20-9-25-66(2)3)87-45(74)15-14-44(73)65-39-12-10-37(11-13-39)34-38(35-71(30-21-60-50(79)40-16-26-67(4)54(83)46(40)75)31-22-61-51(80)41-17-27-68(5)55(84)47(41)76)36-72(32-23-62-52(81)42-18-28-69(6)56(85)48(42)77)33-24-63-53(82)43-19-29-70(7)57(86)49(43)78/h10-13,16-19,26-29,38,75-78H,8-9,14-15,20-25,30-36H2,1-7H3,(H,59,64)(H,60,79)(H,61,80)(H,62,81)(H,63,82)(H,65,73). The number of hydrogen-bond donors (Lipinski definition) is 10. The zero-order valence-electron chi connectivity index (χ0n) is 49.9. The molecule has 4 heterocycles. The lowest BCUT2D eigenvalue weighted by Crippen LogP contribution is -2.46. The third kappa shape index (κ3) is 20.6. The topological polar surface area (TPSA) is 375 Å². The first kappa shape index (κ1) is 68.2. The molecule has 470 valence electrons. The Bertz CT molecular complexity index is 3180. The van der Waals surface area contributed by atoms with Gasteiger partial charge in [0.25, 0.3) is 51.9 Å². The van der Waals surface area contributed by atoms with Crippen LogP contribution in [0.5, 0.6) is 23.0 Å². The van der Waals surface area contributed by atoms with Crippen LogP contribution in [0.25, 0.3) is 0 Å². The fourth-order valence-electron chi connectivity index (χ4n) is 8.89. The molecule has 0 saturated heterocycles. The molecule has 1 aromatic carbocycles. The lowest BCUT2D eigenvalue weighted by molar-refractivity contribution is -0.137. The van der Waals surface area contributed by atoms with Crippen molar-refractivity contribution in [2.75, 3.05) is 104 Å². The summed E-state index contributed by atoms with van der Waals surface area (Å²) < 4.78 is 9.82. The lowest BCUT2D eigenvalue weighted by atomic mass is 9.97. The Labute approximate surface area is 500 Å². The molecule has 87 heavy (non-hydrogen) atoms. The van der Waals surface area contributed by atoms with Crippen LogP contribution in [0.3, 0.4) is 0 Å². The highest BCUT2D eigenvalue weighted by Gasteiger charge is 2.24. The number of nitrogens with zero attached hydrogens (tertiary/aromatic N) is 8. The molecule has 0 fully saturated rings. The number of nitrogens with one attached hydrogen (secondary N) is 6. The maximum Gasteiger partial charge on any atom is 0.314 e. The molecule has 5 amide bonds. The van der Waals surface area contributed by atoms with Crippen molar-refractivity contribution in [3.8, 4) is 23.0 Å². The van der Waals surface area contributed by atoms with Crippen LogP contribution < -0.4 is 54.1 Å². The summed E-state index contributed by atoms with van der Waals surface area (Å²) in [5.41, 5.74) is -3.04. The van der Waals surface area contributed by atoms with Gasteiger partial charge in [-0.25, -0.2) is 4.99 Å². The SMILES string of the molecule is CCNC(=NCCCN(C)C)OC(=O)CCC(=O)Nc1ccc(CC(CN(CCNC(=O)c2ccn(C)c(=O)c2O)CCNC(=O)c2ccn(C)c(=O)c2O)CN(CCNC(=O)c2ccn(C)c(=O)c2O)CCNC(=O)c2ccn(C)c(=O)c2O)cc1. The zero-order chi connectivity index (χ0) is 63.9. The van der Waals surface area contributed by atoms with Gasteiger partial charge in [-0.15, -0.1) is 0 Å². The van der Waals surface area contributed by atoms with E-state index >= 15 is 0 Å². The molecule has 0 spiro atoms. The summed E-state index contributed by atoms with van der Waals surface area (Å²) in [6.07, 6.45) is 5.94. The maximum absolute atomic E-state index is 13.4. The Kier molecular flexibility index (Phi) is 26.0. The number of hydrogen-bond acceptors (Lipinski definition) is 19. The number of ether oxygens (including phenoxy) is 1. The van der Waals surface area contributed by atoms with Crippen LogP contribution >= 0.6 is 0 Å². The van der Waals surface area contributed by atoms with E-state index in [0.717, 1.165) is 36.8 Å². The van der Waals surface area contributed by atoms with Gasteiger partial charge in [0.1, 0.15) is 0 Å². The number of amides is 5. The first-order valence-corrected chi connectivity index (χ1v) is 28.0. The number of rotatable bonds is 31. The zero-order valence-corrected chi connectivity index (χ0v) is 49.9. The molecule has 10 N–H and O–H groups in total. The van der Waals surface area contributed by atoms with E-state index in [1.807, 2.05) is 35.7 Å². The van der Waals surface area contributed by atoms with Crippen LogP contribution in [0.4, 0.5) is 5.69 Å². The summed E-state index contributed by atoms with van der Waals surface area (Å²) in [7, 11) is 9.52. The Morgan fingerprint density at radius 2 is 0.897 bits per heavy atom. The van der Waals surface area contributed by atoms with Crippen LogP contribution in [-0.4, -0.2) is 194 Å². The van der Waals surface area contributed by atoms with Crippen LogP contribution in [0, 0.1) is 5.92 Å². The molecule has 0 aliphatic heterocycles. The largest absolute Gasteiger partial charge is 0.502 e. The normalized spacial score (nSPS) is 11.5. The van der Waals surface area contributed by atoms with E-state index in [1.54, 1.807) is 24.3 Å². The number of esters is 1. The van der Waals surface area contributed by atoms with Gasteiger partial charge in [-0.05, 0) is 88.3 Å². The van der Waals surface area contributed by atoms with Crippen LogP contribution in [-0.2, 0) is 48.9 Å². The Balaban J connectivity index is 1.43. The minimum atomic E-state index is -0.790. The molecule has 5 rings (SSSR count). The Morgan fingerprint density at radius 3 is 1.24 bits per heavy atom. The third-order valence-electron chi connectivity index (χ3n) is 13.7. The van der Waals surface area contributed by atoms with Gasteiger partial charge in [0.2, 0.25) is 5.91 Å².